The zero-order chi connectivity index (χ0) is 35.6. The van der Waals surface area contributed by atoms with E-state index in [1.807, 2.05) is 30.3 Å². The topological polar surface area (TPSA) is 61.5 Å². The molecule has 0 bridgehead atoms. The molecule has 0 amide bonds. The van der Waals surface area contributed by atoms with Crippen LogP contribution in [0.15, 0.2) is 91.0 Å². The molecule has 5 heteroatoms. The number of nitrogens with two attached hydrogens (primary N) is 1. The van der Waals surface area contributed by atoms with Crippen molar-refractivity contribution in [2.24, 2.45) is 11.7 Å². The molecule has 7 rings (SSSR count). The van der Waals surface area contributed by atoms with E-state index in [1.165, 1.54) is 62.6 Å². The van der Waals surface area contributed by atoms with Gasteiger partial charge >= 0.3 is 5.97 Å². The number of ether oxygens (including phenoxy) is 2. The zero-order valence-electron chi connectivity index (χ0n) is 29.3. The van der Waals surface area contributed by atoms with Gasteiger partial charge in [-0.2, -0.15) is 12.6 Å². The molecule has 1 atom stereocenters. The van der Waals surface area contributed by atoms with E-state index < -0.39 is 0 Å². The summed E-state index contributed by atoms with van der Waals surface area (Å²) in [5.74, 6) is 15.4. The second kappa shape index (κ2) is 14.4. The van der Waals surface area contributed by atoms with Gasteiger partial charge in [-0.1, -0.05) is 60.9 Å². The first-order valence-corrected chi connectivity index (χ1v) is 17.9. The predicted octanol–water partition coefficient (Wildman–Crippen LogP) is 8.93. The number of hydrogen-bond donors (Lipinski definition) is 2. The van der Waals surface area contributed by atoms with Gasteiger partial charge in [-0.15, -0.1) is 0 Å². The van der Waals surface area contributed by atoms with Gasteiger partial charge in [0.15, 0.2) is 0 Å². The maximum absolute atomic E-state index is 11.5. The lowest BCUT2D eigenvalue weighted by molar-refractivity contribution is -0.131. The Kier molecular flexibility index (Phi) is 9.61. The minimum Gasteiger partial charge on any atom is -0.492 e. The van der Waals surface area contributed by atoms with Crippen LogP contribution >= 0.6 is 12.6 Å². The van der Waals surface area contributed by atoms with Gasteiger partial charge in [-0.25, -0.2) is 0 Å². The summed E-state index contributed by atoms with van der Waals surface area (Å²) in [5.41, 5.74) is 22.9. The lowest BCUT2D eigenvalue weighted by Gasteiger charge is -2.18. The fourth-order valence-electron chi connectivity index (χ4n) is 7.33. The summed E-state index contributed by atoms with van der Waals surface area (Å²) < 4.78 is 11.5. The molecule has 0 aromatic heterocycles. The summed E-state index contributed by atoms with van der Waals surface area (Å²) in [7, 11) is 0. The van der Waals surface area contributed by atoms with Crippen LogP contribution in [0.5, 0.6) is 11.5 Å². The Labute approximate surface area is 306 Å². The molecule has 0 spiro atoms. The van der Waals surface area contributed by atoms with Crippen LogP contribution in [0.25, 0.3) is 22.3 Å². The quantitative estimate of drug-likeness (QED) is 0.0824. The Hall–Kier alpha value is -5.46. The predicted molar refractivity (Wildman–Crippen MR) is 210 cm³/mol. The lowest BCUT2D eigenvalue weighted by Crippen LogP contribution is -2.03. The van der Waals surface area contributed by atoms with Crippen LogP contribution in [0.3, 0.4) is 0 Å². The van der Waals surface area contributed by atoms with E-state index in [1.54, 1.807) is 12.1 Å². The van der Waals surface area contributed by atoms with E-state index in [4.69, 9.17) is 15.2 Å². The molecule has 0 heterocycles. The number of thiol groups is 1. The molecule has 0 saturated carbocycles. The molecule has 1 unspecified atom stereocenters. The van der Waals surface area contributed by atoms with Crippen LogP contribution in [-0.4, -0.2) is 18.3 Å². The zero-order valence-corrected chi connectivity index (χ0v) is 30.2. The molecular weight excluding hydrogens is 647 g/mol. The van der Waals surface area contributed by atoms with E-state index in [0.29, 0.717) is 30.6 Å². The van der Waals surface area contributed by atoms with Gasteiger partial charge in [0.1, 0.15) is 11.5 Å². The summed E-state index contributed by atoms with van der Waals surface area (Å²) in [6, 6.07) is 30.7. The second-order valence-corrected chi connectivity index (χ2v) is 13.6. The number of rotatable bonds is 5. The fraction of sp³-hybridized carbons (Fsp3) is 0.196. The minimum absolute atomic E-state index is 0.291. The van der Waals surface area contributed by atoms with Crippen molar-refractivity contribution < 1.29 is 14.3 Å². The van der Waals surface area contributed by atoms with E-state index in [2.05, 4.69) is 106 Å². The van der Waals surface area contributed by atoms with Crippen molar-refractivity contribution in [1.29, 1.82) is 0 Å². The van der Waals surface area contributed by atoms with Crippen LogP contribution in [0, 0.1) is 43.4 Å². The normalized spacial score (nSPS) is 15.1. The maximum Gasteiger partial charge on any atom is 0.308 e. The highest BCUT2D eigenvalue weighted by molar-refractivity contribution is 7.80. The van der Waals surface area contributed by atoms with Gasteiger partial charge in [-0.05, 0) is 148 Å². The molecule has 0 radical (unpaired) electrons. The smallest absolute Gasteiger partial charge is 0.308 e. The largest absolute Gasteiger partial charge is 0.492 e. The van der Waals surface area contributed by atoms with Gasteiger partial charge in [-0.3, -0.25) is 4.79 Å². The molecule has 5 aromatic rings. The van der Waals surface area contributed by atoms with Gasteiger partial charge in [0.25, 0.3) is 0 Å². The Morgan fingerprint density at radius 3 is 2.02 bits per heavy atom. The van der Waals surface area contributed by atoms with E-state index in [-0.39, 0.29) is 5.97 Å². The SMILES string of the molecule is CC(=O)Oc1cccc(C#Cc2ccc3c(c2)/C(=C2\c4c(C)c(OCCS)cc(C)c4CC2C)c2cc(C#Cc4cccc(CN)c4)ccc2-3)c1. The number of esters is 1. The highest BCUT2D eigenvalue weighted by atomic mass is 32.1. The molecule has 0 saturated heterocycles. The first-order valence-electron chi connectivity index (χ1n) is 17.3. The number of fused-ring (bicyclic) bond motifs is 4. The number of allylic oxidation sites excluding steroid dienone is 1. The van der Waals surface area contributed by atoms with Gasteiger partial charge in [0, 0.05) is 41.5 Å². The summed E-state index contributed by atoms with van der Waals surface area (Å²) >= 11 is 4.40. The van der Waals surface area contributed by atoms with Crippen LogP contribution in [-0.2, 0) is 17.8 Å². The summed E-state index contributed by atoms with van der Waals surface area (Å²) in [5, 5.41) is 0. The van der Waals surface area contributed by atoms with Gasteiger partial charge in [0.2, 0.25) is 0 Å². The standard InChI is InChI=1S/C46H39NO3S/c1-28-22-43(49-19-20-51)30(3)45-40(28)21-29(2)44(45)46-41-25-34(13-11-32-7-5-9-36(23-32)27-47)15-17-38(41)39-18-16-35(26-42(39)46)14-12-33-8-6-10-37(24-33)50-31(4)48/h5-10,15-18,22-26,29,51H,19-21,27,47H2,1-4H3/b46-44-. The Bertz CT molecular complexity index is 2380. The average molecular weight is 686 g/mol. The fourth-order valence-corrected chi connectivity index (χ4v) is 7.42. The number of benzene rings is 5. The van der Waals surface area contributed by atoms with Crippen molar-refractivity contribution in [3.63, 3.8) is 0 Å². The molecule has 0 fully saturated rings. The van der Waals surface area contributed by atoms with Crippen LogP contribution in [0.4, 0.5) is 0 Å². The van der Waals surface area contributed by atoms with E-state index in [9.17, 15) is 4.79 Å². The monoisotopic (exact) mass is 685 g/mol. The van der Waals surface area contributed by atoms with Crippen LogP contribution in [0.2, 0.25) is 0 Å². The highest BCUT2D eigenvalue weighted by Gasteiger charge is 2.35. The Morgan fingerprint density at radius 1 is 0.804 bits per heavy atom. The molecule has 2 N–H and O–H groups in total. The van der Waals surface area contributed by atoms with E-state index >= 15 is 0 Å². The van der Waals surface area contributed by atoms with Crippen molar-refractivity contribution in [3.05, 3.63) is 152 Å². The molecule has 0 aliphatic heterocycles. The summed E-state index contributed by atoms with van der Waals surface area (Å²) in [4.78, 5) is 11.5. The third-order valence-corrected chi connectivity index (χ3v) is 9.77. The third-order valence-electron chi connectivity index (χ3n) is 9.59. The molecule has 252 valence electrons. The first kappa shape index (κ1) is 34.0. The number of carbonyl (C=O) groups is 1. The summed E-state index contributed by atoms with van der Waals surface area (Å²) in [6.45, 7) is 9.14. The highest BCUT2D eigenvalue weighted by Crippen LogP contribution is 2.54. The molecule has 5 aromatic carbocycles. The molecule has 4 nitrogen and oxygen atoms in total. The minimum atomic E-state index is -0.359. The Morgan fingerprint density at radius 2 is 1.41 bits per heavy atom. The molecule has 2 aliphatic carbocycles. The van der Waals surface area contributed by atoms with Crippen molar-refractivity contribution in [3.8, 4) is 46.3 Å². The Balaban J connectivity index is 1.40. The maximum atomic E-state index is 11.5. The molecule has 51 heavy (non-hydrogen) atoms. The first-order chi connectivity index (χ1) is 24.7. The summed E-state index contributed by atoms with van der Waals surface area (Å²) in [6.07, 6.45) is 0.966. The number of hydrogen-bond acceptors (Lipinski definition) is 5. The lowest BCUT2D eigenvalue weighted by atomic mass is 9.87. The van der Waals surface area contributed by atoms with Crippen molar-refractivity contribution in [1.82, 2.24) is 0 Å². The number of carbonyl (C=O) groups excluding carboxylic acids is 1. The van der Waals surface area contributed by atoms with Crippen LogP contribution in [0.1, 0.15) is 75.0 Å². The number of aryl methyl sites for hydroxylation is 1. The van der Waals surface area contributed by atoms with Crippen LogP contribution < -0.4 is 15.2 Å². The average Bonchev–Trinajstić information content (AvgIpc) is 3.64. The molecular formula is C46H39NO3S. The van der Waals surface area contributed by atoms with Gasteiger partial charge in [0.05, 0.1) is 6.61 Å². The molecule has 2 aliphatic rings. The van der Waals surface area contributed by atoms with Crippen molar-refractivity contribution in [2.45, 2.75) is 40.7 Å². The third kappa shape index (κ3) is 6.84. The van der Waals surface area contributed by atoms with Gasteiger partial charge < -0.3 is 15.2 Å². The van der Waals surface area contributed by atoms with E-state index in [0.717, 1.165) is 40.0 Å². The second-order valence-electron chi connectivity index (χ2n) is 13.2. The van der Waals surface area contributed by atoms with Crippen molar-refractivity contribution in [2.75, 3.05) is 12.4 Å². The van der Waals surface area contributed by atoms with Crippen molar-refractivity contribution >= 4 is 29.7 Å².